The molecule has 0 aromatic heterocycles. The monoisotopic (exact) mass is 274 g/mol. The van der Waals surface area contributed by atoms with Gasteiger partial charge in [0.2, 0.25) is 5.91 Å². The first-order valence-corrected chi connectivity index (χ1v) is 7.04. The molecule has 0 bridgehead atoms. The number of benzene rings is 1. The van der Waals surface area contributed by atoms with Crippen molar-refractivity contribution in [2.75, 3.05) is 23.3 Å². The molecule has 1 aromatic carbocycles. The standard InChI is InChI=1S/C16H22N2O2/c1-12(2)11-16(20)17-14-5-3-4-6-15(14)18-9-7-13(19)8-10-18/h3-6,11,13,19H,7-10H2,1-2H3,(H,17,20). The number of aliphatic hydroxyl groups excluding tert-OH is 1. The zero-order valence-electron chi connectivity index (χ0n) is 12.1. The molecule has 4 nitrogen and oxygen atoms in total. The highest BCUT2D eigenvalue weighted by Crippen LogP contribution is 2.28. The zero-order chi connectivity index (χ0) is 14.5. The number of anilines is 2. The largest absolute Gasteiger partial charge is 0.393 e. The molecule has 4 heteroatoms. The van der Waals surface area contributed by atoms with Crippen LogP contribution in [0.15, 0.2) is 35.9 Å². The van der Waals surface area contributed by atoms with Gasteiger partial charge in [-0.05, 0) is 38.8 Å². The summed E-state index contributed by atoms with van der Waals surface area (Å²) in [7, 11) is 0. The van der Waals surface area contributed by atoms with E-state index < -0.39 is 0 Å². The minimum absolute atomic E-state index is 0.102. The van der Waals surface area contributed by atoms with Crippen LogP contribution in [0.1, 0.15) is 26.7 Å². The van der Waals surface area contributed by atoms with Crippen LogP contribution in [0, 0.1) is 0 Å². The molecule has 0 spiro atoms. The number of para-hydroxylation sites is 2. The Morgan fingerprint density at radius 2 is 1.95 bits per heavy atom. The predicted molar refractivity (Wildman–Crippen MR) is 82.0 cm³/mol. The van der Waals surface area contributed by atoms with Gasteiger partial charge in [0.05, 0.1) is 17.5 Å². The highest BCUT2D eigenvalue weighted by Gasteiger charge is 2.19. The number of carbonyl (C=O) groups is 1. The fourth-order valence-electron chi connectivity index (χ4n) is 2.39. The molecule has 1 aromatic rings. The summed E-state index contributed by atoms with van der Waals surface area (Å²) in [5, 5.41) is 12.5. The number of carbonyl (C=O) groups excluding carboxylic acids is 1. The van der Waals surface area contributed by atoms with Gasteiger partial charge >= 0.3 is 0 Å². The Kier molecular flexibility index (Phi) is 4.79. The van der Waals surface area contributed by atoms with Crippen molar-refractivity contribution in [1.29, 1.82) is 0 Å². The van der Waals surface area contributed by atoms with Crippen LogP contribution in [-0.4, -0.2) is 30.2 Å². The summed E-state index contributed by atoms with van der Waals surface area (Å²) in [6, 6.07) is 7.81. The van der Waals surface area contributed by atoms with Crippen LogP contribution in [0.5, 0.6) is 0 Å². The van der Waals surface area contributed by atoms with E-state index in [1.54, 1.807) is 6.08 Å². The normalized spacial score (nSPS) is 15.8. The van der Waals surface area contributed by atoms with Crippen molar-refractivity contribution < 1.29 is 9.90 Å². The highest BCUT2D eigenvalue weighted by atomic mass is 16.3. The third kappa shape index (κ3) is 3.84. The molecule has 2 rings (SSSR count). The molecule has 1 fully saturated rings. The Balaban J connectivity index is 2.14. The van der Waals surface area contributed by atoms with E-state index in [-0.39, 0.29) is 12.0 Å². The van der Waals surface area contributed by atoms with Gasteiger partial charge in [-0.15, -0.1) is 0 Å². The van der Waals surface area contributed by atoms with Gasteiger partial charge in [0.15, 0.2) is 0 Å². The molecule has 1 heterocycles. The summed E-state index contributed by atoms with van der Waals surface area (Å²) < 4.78 is 0. The van der Waals surface area contributed by atoms with Gasteiger partial charge < -0.3 is 15.3 Å². The number of nitrogens with one attached hydrogen (secondary N) is 1. The molecular formula is C16H22N2O2. The molecule has 2 N–H and O–H groups in total. The maximum atomic E-state index is 11.9. The van der Waals surface area contributed by atoms with E-state index >= 15 is 0 Å². The maximum Gasteiger partial charge on any atom is 0.248 e. The van der Waals surface area contributed by atoms with E-state index in [9.17, 15) is 9.90 Å². The van der Waals surface area contributed by atoms with Crippen LogP contribution in [-0.2, 0) is 4.79 Å². The summed E-state index contributed by atoms with van der Waals surface area (Å²) in [4.78, 5) is 14.1. The molecule has 0 radical (unpaired) electrons. The van der Waals surface area contributed by atoms with Crippen molar-refractivity contribution in [3.05, 3.63) is 35.9 Å². The SMILES string of the molecule is CC(C)=CC(=O)Nc1ccccc1N1CCC(O)CC1. The van der Waals surface area contributed by atoms with E-state index in [0.29, 0.717) is 0 Å². The Hall–Kier alpha value is -1.81. The third-order valence-electron chi connectivity index (χ3n) is 3.39. The fourth-order valence-corrected chi connectivity index (χ4v) is 2.39. The van der Waals surface area contributed by atoms with Crippen molar-refractivity contribution in [3.63, 3.8) is 0 Å². The van der Waals surface area contributed by atoms with Crippen molar-refractivity contribution in [3.8, 4) is 0 Å². The number of piperidine rings is 1. The first kappa shape index (κ1) is 14.6. The van der Waals surface area contributed by atoms with Gasteiger partial charge in [-0.25, -0.2) is 0 Å². The minimum Gasteiger partial charge on any atom is -0.393 e. The van der Waals surface area contributed by atoms with Crippen LogP contribution in [0.4, 0.5) is 11.4 Å². The topological polar surface area (TPSA) is 52.6 Å². The molecule has 108 valence electrons. The molecule has 0 saturated carbocycles. The van der Waals surface area contributed by atoms with E-state index in [4.69, 9.17) is 0 Å². The van der Waals surface area contributed by atoms with Crippen LogP contribution < -0.4 is 10.2 Å². The number of hydrogen-bond acceptors (Lipinski definition) is 3. The summed E-state index contributed by atoms with van der Waals surface area (Å²) >= 11 is 0. The molecular weight excluding hydrogens is 252 g/mol. The number of aliphatic hydroxyl groups is 1. The first-order valence-electron chi connectivity index (χ1n) is 7.04. The quantitative estimate of drug-likeness (QED) is 0.833. The van der Waals surface area contributed by atoms with Crippen LogP contribution in [0.3, 0.4) is 0 Å². The number of allylic oxidation sites excluding steroid dienone is 1. The van der Waals surface area contributed by atoms with Crippen LogP contribution in [0.25, 0.3) is 0 Å². The van der Waals surface area contributed by atoms with E-state index in [0.717, 1.165) is 42.9 Å². The first-order chi connectivity index (χ1) is 9.56. The molecule has 1 aliphatic heterocycles. The van der Waals surface area contributed by atoms with Crippen LogP contribution in [0.2, 0.25) is 0 Å². The lowest BCUT2D eigenvalue weighted by Crippen LogP contribution is -2.36. The second-order valence-corrected chi connectivity index (χ2v) is 5.45. The highest BCUT2D eigenvalue weighted by molar-refractivity contribution is 6.01. The van der Waals surface area contributed by atoms with E-state index in [1.165, 1.54) is 0 Å². The average molecular weight is 274 g/mol. The fraction of sp³-hybridized carbons (Fsp3) is 0.438. The summed E-state index contributed by atoms with van der Waals surface area (Å²) in [6.45, 7) is 5.43. The Morgan fingerprint density at radius 1 is 1.30 bits per heavy atom. The van der Waals surface area contributed by atoms with Crippen molar-refractivity contribution in [1.82, 2.24) is 0 Å². The Labute approximate surface area is 120 Å². The second kappa shape index (κ2) is 6.57. The third-order valence-corrected chi connectivity index (χ3v) is 3.39. The minimum atomic E-state index is -0.196. The van der Waals surface area contributed by atoms with Gasteiger partial charge in [-0.3, -0.25) is 4.79 Å². The van der Waals surface area contributed by atoms with Crippen LogP contribution >= 0.6 is 0 Å². The Morgan fingerprint density at radius 3 is 2.60 bits per heavy atom. The number of nitrogens with zero attached hydrogens (tertiary/aromatic N) is 1. The lowest BCUT2D eigenvalue weighted by Gasteiger charge is -2.32. The molecule has 1 saturated heterocycles. The lowest BCUT2D eigenvalue weighted by molar-refractivity contribution is -0.111. The molecule has 0 atom stereocenters. The molecule has 0 unspecified atom stereocenters. The van der Waals surface area contributed by atoms with E-state index in [2.05, 4.69) is 10.2 Å². The smallest absolute Gasteiger partial charge is 0.248 e. The molecule has 1 amide bonds. The Bertz CT molecular complexity index is 499. The summed E-state index contributed by atoms with van der Waals surface area (Å²) in [6.07, 6.45) is 2.95. The summed E-state index contributed by atoms with van der Waals surface area (Å²) in [5.74, 6) is -0.102. The van der Waals surface area contributed by atoms with Gasteiger partial charge in [-0.1, -0.05) is 17.7 Å². The molecule has 20 heavy (non-hydrogen) atoms. The van der Waals surface area contributed by atoms with Gasteiger partial charge in [0.25, 0.3) is 0 Å². The lowest BCUT2D eigenvalue weighted by atomic mass is 10.1. The number of amides is 1. The predicted octanol–water partition coefficient (Wildman–Crippen LogP) is 2.55. The van der Waals surface area contributed by atoms with E-state index in [1.807, 2.05) is 38.1 Å². The number of rotatable bonds is 3. The van der Waals surface area contributed by atoms with Crippen molar-refractivity contribution in [2.45, 2.75) is 32.8 Å². The average Bonchev–Trinajstić information content (AvgIpc) is 2.39. The molecule has 0 aliphatic carbocycles. The van der Waals surface area contributed by atoms with Gasteiger partial charge in [0.1, 0.15) is 0 Å². The maximum absolute atomic E-state index is 11.9. The molecule has 1 aliphatic rings. The zero-order valence-corrected chi connectivity index (χ0v) is 12.1. The van der Waals surface area contributed by atoms with Crippen molar-refractivity contribution in [2.24, 2.45) is 0 Å². The van der Waals surface area contributed by atoms with Crippen molar-refractivity contribution >= 4 is 17.3 Å². The van der Waals surface area contributed by atoms with Gasteiger partial charge in [0, 0.05) is 19.2 Å². The second-order valence-electron chi connectivity index (χ2n) is 5.45. The summed E-state index contributed by atoms with van der Waals surface area (Å²) in [5.41, 5.74) is 2.82. The number of hydrogen-bond donors (Lipinski definition) is 2. The van der Waals surface area contributed by atoms with Gasteiger partial charge in [-0.2, -0.15) is 0 Å².